The first kappa shape index (κ1) is 32.8. The van der Waals surface area contributed by atoms with Crippen molar-refractivity contribution in [2.24, 2.45) is 0 Å². The summed E-state index contributed by atoms with van der Waals surface area (Å²) in [5.41, 5.74) is 8.10. The van der Waals surface area contributed by atoms with Gasteiger partial charge < -0.3 is 50.6 Å². The lowest BCUT2D eigenvalue weighted by molar-refractivity contribution is -0.138. The lowest BCUT2D eigenvalue weighted by Gasteiger charge is -2.08. The molecule has 1 aliphatic rings. The molecule has 244 valence electrons. The summed E-state index contributed by atoms with van der Waals surface area (Å²) in [6.07, 6.45) is 5.26. The van der Waals surface area contributed by atoms with Crippen LogP contribution in [0.1, 0.15) is 92.3 Å². The summed E-state index contributed by atoms with van der Waals surface area (Å²) in [6, 6.07) is 0. The number of aliphatic hydroxyl groups is 4. The molecule has 10 N–H and O–H groups in total. The molecule has 0 amide bonds. The molecule has 0 unspecified atom stereocenters. The van der Waals surface area contributed by atoms with Gasteiger partial charge in [-0.05, 0) is 98.2 Å². The van der Waals surface area contributed by atoms with Gasteiger partial charge in [0, 0.05) is 68.1 Å². The van der Waals surface area contributed by atoms with E-state index >= 15 is 0 Å². The van der Waals surface area contributed by atoms with Crippen LogP contribution in [-0.2, 0) is 22.4 Å². The van der Waals surface area contributed by atoms with Gasteiger partial charge in [0.05, 0.1) is 13.2 Å². The van der Waals surface area contributed by atoms with E-state index in [9.17, 15) is 40.2 Å². The van der Waals surface area contributed by atoms with Crippen molar-refractivity contribution in [1.29, 1.82) is 0 Å². The van der Waals surface area contributed by atoms with Crippen molar-refractivity contribution in [3.63, 3.8) is 0 Å². The molecule has 0 radical (unpaired) electrons. The number of aliphatic carboxylic acids is 2. The van der Waals surface area contributed by atoms with Gasteiger partial charge in [0.15, 0.2) is 0 Å². The van der Waals surface area contributed by atoms with Crippen LogP contribution in [-0.4, -0.2) is 75.7 Å². The SMILES string of the molecule is Cc1c2[nH]c(c1CCC(=O)O)C=c1[nH]c(c(C)c1CCC(=O)O)=Cc1[nH]c(c([C@@H](O)CO)c1C)C=c1[nH]c(c([C@H](O)CO)c1C)=C2. The molecule has 46 heavy (non-hydrogen) atoms. The Morgan fingerprint density at radius 1 is 0.565 bits per heavy atom. The second kappa shape index (κ2) is 13.0. The summed E-state index contributed by atoms with van der Waals surface area (Å²) in [4.78, 5) is 36.7. The summed E-state index contributed by atoms with van der Waals surface area (Å²) in [5.74, 6) is -1.88. The van der Waals surface area contributed by atoms with Gasteiger partial charge >= 0.3 is 11.9 Å². The molecule has 12 nitrogen and oxygen atoms in total. The number of hydrogen-bond donors (Lipinski definition) is 10. The molecule has 0 saturated carbocycles. The van der Waals surface area contributed by atoms with Crippen molar-refractivity contribution in [3.05, 3.63) is 88.7 Å². The van der Waals surface area contributed by atoms with Gasteiger partial charge in [-0.15, -0.1) is 0 Å². The van der Waals surface area contributed by atoms with Crippen LogP contribution in [0, 0.1) is 27.7 Å². The minimum absolute atomic E-state index is 0.0919. The van der Waals surface area contributed by atoms with E-state index in [1.807, 2.05) is 39.8 Å². The second-order valence-corrected chi connectivity index (χ2v) is 11.9. The summed E-state index contributed by atoms with van der Waals surface area (Å²) in [7, 11) is 0. The van der Waals surface area contributed by atoms with E-state index in [1.54, 1.807) is 12.2 Å². The molecular formula is C34H40N4O8. The van der Waals surface area contributed by atoms with Crippen LogP contribution in [0.4, 0.5) is 0 Å². The number of fused-ring (bicyclic) bond motifs is 8. The highest BCUT2D eigenvalue weighted by molar-refractivity contribution is 5.70. The molecule has 2 atom stereocenters. The van der Waals surface area contributed by atoms with E-state index in [0.29, 0.717) is 66.4 Å². The summed E-state index contributed by atoms with van der Waals surface area (Å²) in [6.45, 7) is 6.41. The molecular weight excluding hydrogens is 592 g/mol. The van der Waals surface area contributed by atoms with Crippen LogP contribution < -0.4 is 21.4 Å². The van der Waals surface area contributed by atoms with Gasteiger partial charge in [0.2, 0.25) is 0 Å². The number of nitrogens with one attached hydrogen (secondary N) is 4. The Morgan fingerprint density at radius 2 is 1.04 bits per heavy atom. The van der Waals surface area contributed by atoms with Crippen LogP contribution in [0.15, 0.2) is 0 Å². The average Bonchev–Trinajstić information content (AvgIpc) is 3.67. The standard InChI is InChI=1S/C34H40N4O8/c1-15-19(5-7-31(43)44)25-12-26-20(6-8-32(45)46)16(2)22(36-26)10-27-34(30(42)14-40)18(4)24(38-27)11-28-33(29(41)13-39)17(3)23(37-28)9-21(15)35-25/h9-12,29-30,35-42H,5-8,13-14H2,1-4H3,(H,43,44)(H,45,46)/t29-,30+/m0/s1. The van der Waals surface area contributed by atoms with E-state index in [1.165, 1.54) is 0 Å². The van der Waals surface area contributed by atoms with Crippen LogP contribution >= 0.6 is 0 Å². The molecule has 0 fully saturated rings. The highest BCUT2D eigenvalue weighted by Crippen LogP contribution is 2.27. The second-order valence-electron chi connectivity index (χ2n) is 11.9. The van der Waals surface area contributed by atoms with Crippen LogP contribution in [0.5, 0.6) is 0 Å². The van der Waals surface area contributed by atoms with Crippen molar-refractivity contribution >= 4 is 36.2 Å². The fourth-order valence-electron chi connectivity index (χ4n) is 6.44. The number of H-pyrrole nitrogens is 4. The minimum atomic E-state index is -1.20. The first-order valence-electron chi connectivity index (χ1n) is 15.1. The average molecular weight is 633 g/mol. The smallest absolute Gasteiger partial charge is 0.303 e. The molecule has 0 saturated heterocycles. The molecule has 0 aromatic carbocycles. The maximum Gasteiger partial charge on any atom is 0.303 e. The Balaban J connectivity index is 1.94. The molecule has 5 rings (SSSR count). The minimum Gasteiger partial charge on any atom is -0.481 e. The van der Waals surface area contributed by atoms with Gasteiger partial charge in [0.25, 0.3) is 0 Å². The fraction of sp³-hybridized carbons (Fsp3) is 0.353. The highest BCUT2D eigenvalue weighted by atomic mass is 16.4. The topological polar surface area (TPSA) is 219 Å². The number of carbonyl (C=O) groups is 2. The monoisotopic (exact) mass is 632 g/mol. The summed E-state index contributed by atoms with van der Waals surface area (Å²) < 4.78 is 0. The zero-order valence-electron chi connectivity index (χ0n) is 26.2. The van der Waals surface area contributed by atoms with Crippen LogP contribution in [0.25, 0.3) is 24.3 Å². The van der Waals surface area contributed by atoms with E-state index in [2.05, 4.69) is 19.9 Å². The third-order valence-corrected chi connectivity index (χ3v) is 8.98. The lowest BCUT2D eigenvalue weighted by Crippen LogP contribution is -2.16. The molecule has 12 heteroatoms. The van der Waals surface area contributed by atoms with Gasteiger partial charge in [-0.25, -0.2) is 0 Å². The Morgan fingerprint density at radius 3 is 1.67 bits per heavy atom. The number of aromatic amines is 4. The van der Waals surface area contributed by atoms with Crippen LogP contribution in [0.3, 0.4) is 0 Å². The largest absolute Gasteiger partial charge is 0.481 e. The Kier molecular flexibility index (Phi) is 9.27. The molecule has 8 bridgehead atoms. The van der Waals surface area contributed by atoms with Crippen molar-refractivity contribution < 1.29 is 40.2 Å². The quantitative estimate of drug-likeness (QED) is 0.100. The molecule has 1 aliphatic heterocycles. The van der Waals surface area contributed by atoms with Crippen molar-refractivity contribution in [1.82, 2.24) is 19.9 Å². The van der Waals surface area contributed by atoms with Crippen molar-refractivity contribution in [2.75, 3.05) is 13.2 Å². The molecule has 4 aromatic heterocycles. The van der Waals surface area contributed by atoms with Crippen molar-refractivity contribution in [2.45, 2.75) is 65.6 Å². The number of carboxylic acids is 2. The molecule has 0 spiro atoms. The number of aromatic nitrogens is 4. The Hall–Kier alpha value is -4.62. The first-order chi connectivity index (χ1) is 21.8. The third-order valence-electron chi connectivity index (χ3n) is 8.98. The van der Waals surface area contributed by atoms with Gasteiger partial charge in [-0.1, -0.05) is 0 Å². The van der Waals surface area contributed by atoms with Gasteiger partial charge in [0.1, 0.15) is 12.2 Å². The molecule has 0 aliphatic carbocycles. The van der Waals surface area contributed by atoms with E-state index < -0.39 is 37.4 Å². The van der Waals surface area contributed by atoms with E-state index in [4.69, 9.17) is 0 Å². The zero-order valence-corrected chi connectivity index (χ0v) is 26.2. The highest BCUT2D eigenvalue weighted by Gasteiger charge is 2.22. The maximum absolute atomic E-state index is 11.6. The normalized spacial score (nSPS) is 13.7. The molecule has 4 aromatic rings. The number of rotatable bonds is 10. The Bertz CT molecular complexity index is 2070. The van der Waals surface area contributed by atoms with Crippen LogP contribution in [0.2, 0.25) is 0 Å². The van der Waals surface area contributed by atoms with E-state index in [0.717, 1.165) is 22.3 Å². The number of hydrogen-bond acceptors (Lipinski definition) is 6. The Labute approximate surface area is 263 Å². The summed E-state index contributed by atoms with van der Waals surface area (Å²) >= 11 is 0. The molecule has 5 heterocycles. The van der Waals surface area contributed by atoms with Gasteiger partial charge in [-0.3, -0.25) is 9.59 Å². The van der Waals surface area contributed by atoms with Crippen molar-refractivity contribution in [3.8, 4) is 0 Å². The third kappa shape index (κ3) is 6.12. The predicted octanol–water partition coefficient (Wildman–Crippen LogP) is -0.0529. The van der Waals surface area contributed by atoms with E-state index in [-0.39, 0.29) is 25.7 Å². The lowest BCUT2D eigenvalue weighted by atomic mass is 10.0. The maximum atomic E-state index is 11.6. The fourth-order valence-corrected chi connectivity index (χ4v) is 6.44. The number of aliphatic hydroxyl groups excluding tert-OH is 4. The first-order valence-corrected chi connectivity index (χ1v) is 15.1. The number of carboxylic acid groups (broad SMARTS) is 2. The summed E-state index contributed by atoms with van der Waals surface area (Å²) in [5, 5.41) is 63.0. The predicted molar refractivity (Wildman–Crippen MR) is 171 cm³/mol. The van der Waals surface area contributed by atoms with Gasteiger partial charge in [-0.2, -0.15) is 0 Å². The zero-order chi connectivity index (χ0) is 33.4.